The molecule has 4 heterocycles. The fraction of sp³-hybridized carbons (Fsp3) is 0.421. The molecule has 3 fully saturated rings. The summed E-state index contributed by atoms with van der Waals surface area (Å²) in [4.78, 5) is 14.9. The van der Waals surface area contributed by atoms with Crippen LogP contribution in [0.5, 0.6) is 0 Å². The first-order chi connectivity index (χ1) is 14.1. The van der Waals surface area contributed by atoms with Crippen molar-refractivity contribution in [3.63, 3.8) is 0 Å². The molecule has 162 valence electrons. The molecule has 2 aromatic rings. The summed E-state index contributed by atoms with van der Waals surface area (Å²) in [5.41, 5.74) is -5.66. The number of halogens is 3. The van der Waals surface area contributed by atoms with Crippen molar-refractivity contribution >= 4 is 21.6 Å². The van der Waals surface area contributed by atoms with Crippen LogP contribution in [0.15, 0.2) is 40.8 Å². The maximum absolute atomic E-state index is 12.7. The van der Waals surface area contributed by atoms with E-state index in [1.165, 1.54) is 41.1 Å². The number of anilines is 1. The smallest absolute Gasteiger partial charge is 0.451 e. The summed E-state index contributed by atoms with van der Waals surface area (Å²) < 4.78 is 68.2. The van der Waals surface area contributed by atoms with E-state index in [0.29, 0.717) is 5.92 Å². The Balaban J connectivity index is 1.52. The lowest BCUT2D eigenvalue weighted by molar-refractivity contribution is -0.0429. The highest BCUT2D eigenvalue weighted by atomic mass is 32.2. The van der Waals surface area contributed by atoms with Gasteiger partial charge in [-0.2, -0.15) is 21.6 Å². The average molecular weight is 443 g/mol. The molecule has 11 heteroatoms. The van der Waals surface area contributed by atoms with Crippen molar-refractivity contribution in [2.45, 2.75) is 24.4 Å². The number of carbonyl (C=O) groups is 1. The van der Waals surface area contributed by atoms with Crippen LogP contribution in [0, 0.1) is 5.92 Å². The topological polar surface area (TPSA) is 91.7 Å². The van der Waals surface area contributed by atoms with E-state index in [2.05, 4.69) is 10.2 Å². The molecule has 2 bridgehead atoms. The number of nitrogens with zero attached hydrogens (tertiary/aromatic N) is 1. The molecule has 30 heavy (non-hydrogen) atoms. The first-order valence-corrected chi connectivity index (χ1v) is 10.9. The Morgan fingerprint density at radius 3 is 2.43 bits per heavy atom. The van der Waals surface area contributed by atoms with E-state index < -0.39 is 21.4 Å². The second-order valence-electron chi connectivity index (χ2n) is 7.48. The number of sulfonamides is 1. The lowest BCUT2D eigenvalue weighted by Crippen LogP contribution is -2.57. The molecule has 1 atom stereocenters. The second kappa shape index (κ2) is 7.62. The van der Waals surface area contributed by atoms with Gasteiger partial charge in [0.2, 0.25) is 0 Å². The minimum absolute atomic E-state index is 0.00919. The van der Waals surface area contributed by atoms with Crippen molar-refractivity contribution in [3.05, 3.63) is 42.2 Å². The summed E-state index contributed by atoms with van der Waals surface area (Å²) in [5.74, 6) is 0.101. The minimum atomic E-state index is -5.59. The van der Waals surface area contributed by atoms with Gasteiger partial charge in [-0.05, 0) is 56.1 Å². The molecular weight excluding hydrogens is 423 g/mol. The van der Waals surface area contributed by atoms with Crippen LogP contribution in [0.25, 0.3) is 11.3 Å². The molecule has 1 amide bonds. The van der Waals surface area contributed by atoms with Crippen LogP contribution >= 0.6 is 0 Å². The maximum atomic E-state index is 12.7. The lowest BCUT2D eigenvalue weighted by Gasteiger charge is -2.44. The average Bonchev–Trinajstić information content (AvgIpc) is 3.18. The molecule has 2 N–H and O–H groups in total. The van der Waals surface area contributed by atoms with E-state index >= 15 is 0 Å². The molecule has 1 aromatic heterocycles. The van der Waals surface area contributed by atoms with Gasteiger partial charge in [-0.15, -0.1) is 0 Å². The molecular formula is C19H20F3N3O4S. The van der Waals surface area contributed by atoms with Crippen LogP contribution in [-0.2, 0) is 10.0 Å². The number of benzene rings is 1. The summed E-state index contributed by atoms with van der Waals surface area (Å²) in [6.07, 6.45) is 2.06. The van der Waals surface area contributed by atoms with Gasteiger partial charge >= 0.3 is 15.5 Å². The monoisotopic (exact) mass is 443 g/mol. The van der Waals surface area contributed by atoms with Gasteiger partial charge in [0.25, 0.3) is 5.91 Å². The van der Waals surface area contributed by atoms with Crippen molar-refractivity contribution in [2.24, 2.45) is 5.92 Å². The van der Waals surface area contributed by atoms with Crippen molar-refractivity contribution in [1.29, 1.82) is 0 Å². The molecule has 7 nitrogen and oxygen atoms in total. The first kappa shape index (κ1) is 20.7. The quantitative estimate of drug-likeness (QED) is 0.741. The highest BCUT2D eigenvalue weighted by Gasteiger charge is 2.46. The fourth-order valence-electron chi connectivity index (χ4n) is 3.96. The van der Waals surface area contributed by atoms with Gasteiger partial charge in [-0.25, -0.2) is 0 Å². The molecule has 0 radical (unpaired) electrons. The number of para-hydroxylation sites is 1. The predicted octanol–water partition coefficient (Wildman–Crippen LogP) is 3.03. The molecule has 3 aliphatic heterocycles. The van der Waals surface area contributed by atoms with Crippen LogP contribution < -0.4 is 10.0 Å². The highest BCUT2D eigenvalue weighted by molar-refractivity contribution is 7.93. The first-order valence-electron chi connectivity index (χ1n) is 9.45. The van der Waals surface area contributed by atoms with Crippen LogP contribution in [0.3, 0.4) is 0 Å². The Kier molecular flexibility index (Phi) is 5.27. The Bertz CT molecular complexity index is 1040. The Morgan fingerprint density at radius 2 is 1.80 bits per heavy atom. The summed E-state index contributed by atoms with van der Waals surface area (Å²) in [7, 11) is -5.59. The summed E-state index contributed by atoms with van der Waals surface area (Å²) in [6, 6.07) is 8.38. The number of hydrogen-bond donors (Lipinski definition) is 2. The molecule has 3 saturated heterocycles. The van der Waals surface area contributed by atoms with Gasteiger partial charge in [0.15, 0.2) is 5.76 Å². The number of fused-ring (bicyclic) bond motifs is 3. The number of carbonyl (C=O) groups excluding carboxylic acids is 1. The summed E-state index contributed by atoms with van der Waals surface area (Å²) in [6.45, 7) is 2.85. The lowest BCUT2D eigenvalue weighted by atomic mass is 9.84. The zero-order chi connectivity index (χ0) is 21.5. The zero-order valence-corrected chi connectivity index (χ0v) is 16.6. The van der Waals surface area contributed by atoms with Crippen LogP contribution in [-0.4, -0.2) is 50.4 Å². The van der Waals surface area contributed by atoms with Gasteiger partial charge in [0, 0.05) is 18.2 Å². The Morgan fingerprint density at radius 1 is 1.10 bits per heavy atom. The van der Waals surface area contributed by atoms with Crippen LogP contribution in [0.2, 0.25) is 0 Å². The van der Waals surface area contributed by atoms with E-state index in [0.717, 1.165) is 32.5 Å². The third kappa shape index (κ3) is 4.04. The van der Waals surface area contributed by atoms with Crippen LogP contribution in [0.4, 0.5) is 18.9 Å². The minimum Gasteiger partial charge on any atom is -0.451 e. The second-order valence-corrected chi connectivity index (χ2v) is 9.15. The SMILES string of the molecule is O=C(N[C@H]1CN2CCC1CC2)c1ccc(-c2ccccc2NS(=O)(=O)C(F)(F)F)o1. The number of nitrogens with one attached hydrogen (secondary N) is 2. The van der Waals surface area contributed by atoms with Gasteiger partial charge in [0.05, 0.1) is 5.69 Å². The number of alkyl halides is 3. The molecule has 1 aromatic carbocycles. The van der Waals surface area contributed by atoms with Crippen molar-refractivity contribution < 1.29 is 30.8 Å². The number of furan rings is 1. The van der Waals surface area contributed by atoms with Crippen molar-refractivity contribution in [2.75, 3.05) is 24.4 Å². The van der Waals surface area contributed by atoms with Crippen molar-refractivity contribution in [3.8, 4) is 11.3 Å². The Labute approximate surface area is 171 Å². The third-order valence-corrected chi connectivity index (χ3v) is 6.64. The molecule has 0 unspecified atom stereocenters. The zero-order valence-electron chi connectivity index (χ0n) is 15.8. The number of amides is 1. The van der Waals surface area contributed by atoms with E-state index in [1.807, 2.05) is 0 Å². The van der Waals surface area contributed by atoms with E-state index in [9.17, 15) is 26.4 Å². The van der Waals surface area contributed by atoms with Crippen LogP contribution in [0.1, 0.15) is 23.4 Å². The Hall–Kier alpha value is -2.53. The molecule has 5 rings (SSSR count). The fourth-order valence-corrected chi connectivity index (χ4v) is 4.55. The van der Waals surface area contributed by atoms with Gasteiger partial charge < -0.3 is 14.6 Å². The number of rotatable bonds is 5. The largest absolute Gasteiger partial charge is 0.516 e. The van der Waals surface area contributed by atoms with Gasteiger partial charge in [0.1, 0.15) is 5.76 Å². The normalized spacial score (nSPS) is 23.9. The standard InChI is InChI=1S/C19H20F3N3O4S/c20-19(21,22)30(27,28)24-14-4-2-1-3-13(14)16-5-6-17(29-16)18(26)23-15-11-25-9-7-12(15)8-10-25/h1-6,12,15,24H,7-11H2,(H,23,26)/t15-/m0/s1. The van der Waals surface area contributed by atoms with Gasteiger partial charge in [-0.3, -0.25) is 9.52 Å². The predicted molar refractivity (Wildman–Crippen MR) is 103 cm³/mol. The van der Waals surface area contributed by atoms with E-state index in [-0.39, 0.29) is 28.8 Å². The van der Waals surface area contributed by atoms with E-state index in [4.69, 9.17) is 4.42 Å². The highest BCUT2D eigenvalue weighted by Crippen LogP contribution is 2.33. The molecule has 3 aliphatic rings. The summed E-state index contributed by atoms with van der Waals surface area (Å²) >= 11 is 0. The van der Waals surface area contributed by atoms with E-state index in [1.54, 1.807) is 0 Å². The number of hydrogen-bond acceptors (Lipinski definition) is 5. The molecule has 0 spiro atoms. The third-order valence-electron chi connectivity index (χ3n) is 5.54. The summed E-state index contributed by atoms with van der Waals surface area (Å²) in [5, 5.41) is 2.97. The van der Waals surface area contributed by atoms with Gasteiger partial charge in [-0.1, -0.05) is 12.1 Å². The number of piperidine rings is 3. The molecule has 0 aliphatic carbocycles. The van der Waals surface area contributed by atoms with Crippen molar-refractivity contribution in [1.82, 2.24) is 10.2 Å². The maximum Gasteiger partial charge on any atom is 0.516 e. The molecule has 0 saturated carbocycles.